The van der Waals surface area contributed by atoms with Gasteiger partial charge in [-0.3, -0.25) is 9.09 Å². The van der Waals surface area contributed by atoms with Gasteiger partial charge in [-0.1, -0.05) is 48.8 Å². The summed E-state index contributed by atoms with van der Waals surface area (Å²) in [6.45, 7) is 2.74. The van der Waals surface area contributed by atoms with E-state index in [0.29, 0.717) is 12.4 Å². The Labute approximate surface area is 93.5 Å². The Balaban J connectivity index is 2.38. The van der Waals surface area contributed by atoms with Gasteiger partial charge in [0.25, 0.3) is 0 Å². The topological polar surface area (TPSA) is 48.0 Å². The molecular formula is C12H14N2O2. The number of benzene rings is 1. The van der Waals surface area contributed by atoms with E-state index in [1.807, 2.05) is 30.3 Å². The van der Waals surface area contributed by atoms with E-state index in [4.69, 9.17) is 4.52 Å². The van der Waals surface area contributed by atoms with Crippen LogP contribution in [0.15, 0.2) is 39.6 Å². The van der Waals surface area contributed by atoms with Crippen molar-refractivity contribution < 1.29 is 4.52 Å². The Morgan fingerprint density at radius 3 is 2.75 bits per heavy atom. The standard InChI is InChI=1S/C12H14N2O2/c1-2-3-9-14-11(13-16-12(14)15)10-7-5-4-6-8-10/h4-8H,2-3,9H2,1H3. The normalized spacial score (nSPS) is 10.6. The van der Waals surface area contributed by atoms with Crippen LogP contribution in [-0.4, -0.2) is 9.72 Å². The quantitative estimate of drug-likeness (QED) is 0.791. The summed E-state index contributed by atoms with van der Waals surface area (Å²) in [5.74, 6) is 0.228. The second kappa shape index (κ2) is 4.79. The molecule has 0 aliphatic carbocycles. The SMILES string of the molecule is CCCCn1c(-c2ccccc2)noc1=O. The van der Waals surface area contributed by atoms with Gasteiger partial charge in [0, 0.05) is 12.1 Å². The van der Waals surface area contributed by atoms with Crippen LogP contribution >= 0.6 is 0 Å². The lowest BCUT2D eigenvalue weighted by molar-refractivity contribution is 0.374. The second-order valence-corrected chi connectivity index (χ2v) is 3.64. The van der Waals surface area contributed by atoms with Crippen molar-refractivity contribution in [3.8, 4) is 11.4 Å². The van der Waals surface area contributed by atoms with Crippen molar-refractivity contribution in [2.45, 2.75) is 26.3 Å². The van der Waals surface area contributed by atoms with Gasteiger partial charge in [0.2, 0.25) is 0 Å². The van der Waals surface area contributed by atoms with Gasteiger partial charge in [0.1, 0.15) is 0 Å². The minimum Gasteiger partial charge on any atom is -0.295 e. The van der Waals surface area contributed by atoms with E-state index in [-0.39, 0.29) is 5.76 Å². The Kier molecular flexibility index (Phi) is 3.19. The highest BCUT2D eigenvalue weighted by Crippen LogP contribution is 2.15. The first kappa shape index (κ1) is 10.7. The molecule has 0 amide bonds. The number of aromatic nitrogens is 2. The molecule has 0 spiro atoms. The largest absolute Gasteiger partial charge is 0.441 e. The predicted octanol–water partition coefficient (Wildman–Crippen LogP) is 2.30. The Morgan fingerprint density at radius 1 is 1.31 bits per heavy atom. The number of hydrogen-bond donors (Lipinski definition) is 0. The minimum atomic E-state index is -0.382. The van der Waals surface area contributed by atoms with Gasteiger partial charge in [0.15, 0.2) is 5.82 Å². The first-order chi connectivity index (χ1) is 7.83. The van der Waals surface area contributed by atoms with Gasteiger partial charge >= 0.3 is 5.76 Å². The fourth-order valence-electron chi connectivity index (χ4n) is 1.58. The molecule has 1 heterocycles. The van der Waals surface area contributed by atoms with Crippen LogP contribution in [0.25, 0.3) is 11.4 Å². The summed E-state index contributed by atoms with van der Waals surface area (Å²) in [6, 6.07) is 9.59. The Bertz CT molecular complexity index is 499. The van der Waals surface area contributed by atoms with Crippen molar-refractivity contribution in [2.24, 2.45) is 0 Å². The fraction of sp³-hybridized carbons (Fsp3) is 0.333. The van der Waals surface area contributed by atoms with E-state index in [2.05, 4.69) is 12.1 Å². The zero-order valence-corrected chi connectivity index (χ0v) is 9.22. The van der Waals surface area contributed by atoms with E-state index in [1.54, 1.807) is 4.57 Å². The molecule has 1 aromatic carbocycles. The van der Waals surface area contributed by atoms with Crippen LogP contribution in [0.5, 0.6) is 0 Å². The predicted molar refractivity (Wildman–Crippen MR) is 61.1 cm³/mol. The first-order valence-corrected chi connectivity index (χ1v) is 5.45. The molecule has 0 fully saturated rings. The summed E-state index contributed by atoms with van der Waals surface area (Å²) in [4.78, 5) is 11.5. The lowest BCUT2D eigenvalue weighted by Gasteiger charge is -2.02. The van der Waals surface area contributed by atoms with Crippen LogP contribution in [0, 0.1) is 0 Å². The number of nitrogens with zero attached hydrogens (tertiary/aromatic N) is 2. The molecule has 0 unspecified atom stereocenters. The molecular weight excluding hydrogens is 204 g/mol. The van der Waals surface area contributed by atoms with E-state index in [9.17, 15) is 4.79 Å². The van der Waals surface area contributed by atoms with Crippen molar-refractivity contribution in [1.82, 2.24) is 9.72 Å². The zero-order chi connectivity index (χ0) is 11.4. The van der Waals surface area contributed by atoms with E-state index in [0.717, 1.165) is 18.4 Å². The average molecular weight is 218 g/mol. The zero-order valence-electron chi connectivity index (χ0n) is 9.22. The maximum absolute atomic E-state index is 11.5. The summed E-state index contributed by atoms with van der Waals surface area (Å²) >= 11 is 0. The van der Waals surface area contributed by atoms with Crippen molar-refractivity contribution in [3.63, 3.8) is 0 Å². The number of unbranched alkanes of at least 4 members (excludes halogenated alkanes) is 1. The molecule has 0 atom stereocenters. The van der Waals surface area contributed by atoms with Crippen LogP contribution in [0.1, 0.15) is 19.8 Å². The summed E-state index contributed by atoms with van der Waals surface area (Å²) < 4.78 is 6.29. The van der Waals surface area contributed by atoms with Crippen LogP contribution in [0.2, 0.25) is 0 Å². The monoisotopic (exact) mass is 218 g/mol. The summed E-state index contributed by atoms with van der Waals surface area (Å²) in [5.41, 5.74) is 0.907. The van der Waals surface area contributed by atoms with Crippen LogP contribution in [0.4, 0.5) is 0 Å². The Morgan fingerprint density at radius 2 is 2.06 bits per heavy atom. The van der Waals surface area contributed by atoms with Gasteiger partial charge in [-0.2, -0.15) is 0 Å². The molecule has 2 aromatic rings. The lowest BCUT2D eigenvalue weighted by atomic mass is 10.2. The molecule has 1 aromatic heterocycles. The lowest BCUT2D eigenvalue weighted by Crippen LogP contribution is -2.15. The molecule has 0 saturated heterocycles. The highest BCUT2D eigenvalue weighted by molar-refractivity contribution is 5.54. The highest BCUT2D eigenvalue weighted by Gasteiger charge is 2.11. The summed E-state index contributed by atoms with van der Waals surface area (Å²) in [6.07, 6.45) is 1.98. The van der Waals surface area contributed by atoms with E-state index in [1.165, 1.54) is 0 Å². The molecule has 16 heavy (non-hydrogen) atoms. The average Bonchev–Trinajstić information content (AvgIpc) is 2.69. The third-order valence-electron chi connectivity index (χ3n) is 2.45. The third kappa shape index (κ3) is 2.05. The van der Waals surface area contributed by atoms with Gasteiger partial charge in [-0.15, -0.1) is 0 Å². The summed E-state index contributed by atoms with van der Waals surface area (Å²) in [5, 5.41) is 3.81. The van der Waals surface area contributed by atoms with Gasteiger partial charge in [-0.05, 0) is 6.42 Å². The minimum absolute atomic E-state index is 0.382. The van der Waals surface area contributed by atoms with Gasteiger partial charge < -0.3 is 0 Å². The van der Waals surface area contributed by atoms with Crippen LogP contribution < -0.4 is 5.76 Å². The highest BCUT2D eigenvalue weighted by atomic mass is 16.5. The van der Waals surface area contributed by atoms with E-state index < -0.39 is 0 Å². The smallest absolute Gasteiger partial charge is 0.295 e. The van der Waals surface area contributed by atoms with Crippen LogP contribution in [-0.2, 0) is 6.54 Å². The molecule has 84 valence electrons. The van der Waals surface area contributed by atoms with Crippen molar-refractivity contribution in [2.75, 3.05) is 0 Å². The molecule has 4 heteroatoms. The van der Waals surface area contributed by atoms with Gasteiger partial charge in [0.05, 0.1) is 0 Å². The molecule has 0 aliphatic heterocycles. The maximum Gasteiger partial charge on any atom is 0.441 e. The van der Waals surface area contributed by atoms with Crippen molar-refractivity contribution >= 4 is 0 Å². The fourth-order valence-corrected chi connectivity index (χ4v) is 1.58. The van der Waals surface area contributed by atoms with Gasteiger partial charge in [-0.25, -0.2) is 4.79 Å². The maximum atomic E-state index is 11.5. The van der Waals surface area contributed by atoms with E-state index >= 15 is 0 Å². The second-order valence-electron chi connectivity index (χ2n) is 3.64. The summed E-state index contributed by atoms with van der Waals surface area (Å²) in [7, 11) is 0. The van der Waals surface area contributed by atoms with Crippen molar-refractivity contribution in [1.29, 1.82) is 0 Å². The molecule has 0 aliphatic rings. The molecule has 0 bridgehead atoms. The number of hydrogen-bond acceptors (Lipinski definition) is 3. The molecule has 2 rings (SSSR count). The molecule has 0 saturated carbocycles. The Hall–Kier alpha value is -1.84. The molecule has 0 radical (unpaired) electrons. The third-order valence-corrected chi connectivity index (χ3v) is 2.45. The number of rotatable bonds is 4. The van der Waals surface area contributed by atoms with Crippen LogP contribution in [0.3, 0.4) is 0 Å². The molecule has 0 N–H and O–H groups in total. The molecule has 4 nitrogen and oxygen atoms in total. The van der Waals surface area contributed by atoms with Crippen molar-refractivity contribution in [3.05, 3.63) is 40.9 Å². The first-order valence-electron chi connectivity index (χ1n) is 5.45.